The van der Waals surface area contributed by atoms with Gasteiger partial charge in [0.15, 0.2) is 0 Å². The van der Waals surface area contributed by atoms with Gasteiger partial charge in [-0.1, -0.05) is 112 Å². The number of halogens is 4. The first-order valence-corrected chi connectivity index (χ1v) is 17.7. The Morgan fingerprint density at radius 1 is 0.295 bits per heavy atom. The zero-order chi connectivity index (χ0) is 30.9. The molecule has 0 bridgehead atoms. The topological polar surface area (TPSA) is 0 Å². The van der Waals surface area contributed by atoms with Gasteiger partial charge in [0, 0.05) is 17.9 Å². The molecule has 216 valence electrons. The second kappa shape index (κ2) is 11.6. The Labute approximate surface area is 291 Å². The fourth-order valence-electron chi connectivity index (χ4n) is 6.80. The molecule has 0 aliphatic rings. The highest BCUT2D eigenvalue weighted by Crippen LogP contribution is 2.39. The third-order valence-electron chi connectivity index (χ3n) is 8.77. The highest BCUT2D eigenvalue weighted by molar-refractivity contribution is 9.11. The summed E-state index contributed by atoms with van der Waals surface area (Å²) in [5, 5.41) is 15.8. The van der Waals surface area contributed by atoms with Crippen LogP contribution in [0.5, 0.6) is 0 Å². The van der Waals surface area contributed by atoms with Crippen molar-refractivity contribution in [1.29, 1.82) is 0 Å². The van der Waals surface area contributed by atoms with Gasteiger partial charge >= 0.3 is 0 Å². The van der Waals surface area contributed by atoms with E-state index in [4.69, 9.17) is 0 Å². The van der Waals surface area contributed by atoms with Crippen LogP contribution in [0.4, 0.5) is 0 Å². The largest absolute Gasteiger partial charge is 0.0530 e. The Morgan fingerprint density at radius 3 is 0.750 bits per heavy atom. The molecule has 0 N–H and O–H groups in total. The van der Waals surface area contributed by atoms with Gasteiger partial charge in [-0.15, -0.1) is 0 Å². The van der Waals surface area contributed by atoms with Gasteiger partial charge in [-0.3, -0.25) is 0 Å². The first-order chi connectivity index (χ1) is 21.1. The van der Waals surface area contributed by atoms with Crippen LogP contribution in [0.2, 0.25) is 0 Å². The molecule has 0 amide bonds. The summed E-state index contributed by atoms with van der Waals surface area (Å²) in [6.07, 6.45) is 0. The van der Waals surface area contributed by atoms with Crippen molar-refractivity contribution >= 4 is 128 Å². The predicted molar refractivity (Wildman–Crippen MR) is 208 cm³/mol. The van der Waals surface area contributed by atoms with Gasteiger partial charge in [-0.2, -0.15) is 0 Å². The number of benzene rings is 8. The van der Waals surface area contributed by atoms with Crippen molar-refractivity contribution < 1.29 is 0 Å². The third-order valence-corrected chi connectivity index (χ3v) is 10.7. The molecule has 0 aliphatic carbocycles. The second-order valence-corrected chi connectivity index (χ2v) is 15.4. The van der Waals surface area contributed by atoms with Crippen molar-refractivity contribution in [2.24, 2.45) is 0 Å². The summed E-state index contributed by atoms with van der Waals surface area (Å²) in [7, 11) is 0. The lowest BCUT2D eigenvalue weighted by Gasteiger charge is -2.13. The smallest absolute Gasteiger partial charge is 0.0181 e. The number of hydrogen-bond donors (Lipinski definition) is 0. The lowest BCUT2D eigenvalue weighted by atomic mass is 9.92. The zero-order valence-corrected chi connectivity index (χ0v) is 31.1. The molecule has 8 aromatic rings. The number of aryl methyl sites for hydroxylation is 4. The lowest BCUT2D eigenvalue weighted by molar-refractivity contribution is 1.52. The van der Waals surface area contributed by atoms with Crippen molar-refractivity contribution in [3.8, 4) is 0 Å². The molecule has 0 nitrogen and oxygen atoms in total. The molecule has 0 aromatic heterocycles. The van der Waals surface area contributed by atoms with E-state index in [1.54, 1.807) is 0 Å². The molecule has 0 saturated carbocycles. The number of fused-ring (bicyclic) bond motifs is 10. The minimum Gasteiger partial charge on any atom is -0.0530 e. The normalized spacial score (nSPS) is 11.6. The summed E-state index contributed by atoms with van der Waals surface area (Å²) in [5.41, 5.74) is 5.29. The number of rotatable bonds is 0. The van der Waals surface area contributed by atoms with E-state index in [0.717, 1.165) is 17.9 Å². The van der Waals surface area contributed by atoms with E-state index in [9.17, 15) is 0 Å². The van der Waals surface area contributed by atoms with E-state index < -0.39 is 0 Å². The van der Waals surface area contributed by atoms with Gasteiger partial charge in [0.25, 0.3) is 0 Å². The average Bonchev–Trinajstić information content (AvgIpc) is 2.97. The average molecular weight is 828 g/mol. The molecule has 0 aliphatic heterocycles. The summed E-state index contributed by atoms with van der Waals surface area (Å²) in [6.45, 7) is 8.76. The van der Waals surface area contributed by atoms with E-state index >= 15 is 0 Å². The molecule has 0 unspecified atom stereocenters. The van der Waals surface area contributed by atoms with Gasteiger partial charge in [0.05, 0.1) is 0 Å². The second-order valence-electron chi connectivity index (χ2n) is 11.7. The standard InChI is InChI=1S/2C20H14Br2/c2*1-11-7-13-8-12(2)17-6-4-15(22)10-19(17)20(13)18-9-14(21)3-5-16(11)18/h2*3-10H,1-2H3. The van der Waals surface area contributed by atoms with Crippen molar-refractivity contribution in [1.82, 2.24) is 0 Å². The Bertz CT molecular complexity index is 2130. The highest BCUT2D eigenvalue weighted by Gasteiger charge is 2.12. The van der Waals surface area contributed by atoms with Gasteiger partial charge in [-0.25, -0.2) is 0 Å². The van der Waals surface area contributed by atoms with Crippen LogP contribution in [0.25, 0.3) is 64.6 Å². The van der Waals surface area contributed by atoms with E-state index in [1.165, 1.54) is 86.9 Å². The molecular formula is C40H28Br4. The molecule has 4 heteroatoms. The van der Waals surface area contributed by atoms with Crippen molar-refractivity contribution in [3.05, 3.63) is 137 Å². The molecule has 0 saturated heterocycles. The summed E-state index contributed by atoms with van der Waals surface area (Å²) in [4.78, 5) is 0. The Kier molecular flexibility index (Phi) is 7.86. The SMILES string of the molecule is Cc1cc2cc(C)c3ccc(Br)cc3c2c2cc(Br)ccc12.Cc1cc2cc(C)c3ccc(Br)cc3c2c2cc(Br)ccc12. The minimum atomic E-state index is 1.12. The van der Waals surface area contributed by atoms with Crippen LogP contribution in [0.3, 0.4) is 0 Å². The fraction of sp³-hybridized carbons (Fsp3) is 0.100. The van der Waals surface area contributed by atoms with Crippen molar-refractivity contribution in [2.75, 3.05) is 0 Å². The van der Waals surface area contributed by atoms with Crippen molar-refractivity contribution in [2.45, 2.75) is 27.7 Å². The maximum Gasteiger partial charge on any atom is 0.0181 e. The fourth-order valence-corrected chi connectivity index (χ4v) is 8.24. The molecule has 0 spiro atoms. The molecule has 0 atom stereocenters. The van der Waals surface area contributed by atoms with Crippen LogP contribution in [-0.2, 0) is 0 Å². The summed E-state index contributed by atoms with van der Waals surface area (Å²) in [6, 6.07) is 35.5. The van der Waals surface area contributed by atoms with Crippen molar-refractivity contribution in [3.63, 3.8) is 0 Å². The summed E-state index contributed by atoms with van der Waals surface area (Å²) >= 11 is 14.5. The van der Waals surface area contributed by atoms with Gasteiger partial charge in [0.1, 0.15) is 0 Å². The van der Waals surface area contributed by atoms with Crippen LogP contribution in [0.1, 0.15) is 22.3 Å². The van der Waals surface area contributed by atoms with Crippen LogP contribution in [-0.4, -0.2) is 0 Å². The zero-order valence-electron chi connectivity index (χ0n) is 24.7. The Morgan fingerprint density at radius 2 is 0.523 bits per heavy atom. The summed E-state index contributed by atoms with van der Waals surface area (Å²) < 4.78 is 4.48. The Hall–Kier alpha value is -2.76. The maximum atomic E-state index is 3.63. The molecule has 8 rings (SSSR count). The molecule has 0 fully saturated rings. The van der Waals surface area contributed by atoms with Crippen LogP contribution in [0.15, 0.2) is 115 Å². The van der Waals surface area contributed by atoms with E-state index in [2.05, 4.69) is 188 Å². The van der Waals surface area contributed by atoms with Gasteiger partial charge in [-0.05, 0) is 163 Å². The minimum absolute atomic E-state index is 1.12. The van der Waals surface area contributed by atoms with Gasteiger partial charge < -0.3 is 0 Å². The van der Waals surface area contributed by atoms with E-state index in [0.29, 0.717) is 0 Å². The molecule has 0 radical (unpaired) electrons. The highest BCUT2D eigenvalue weighted by atomic mass is 79.9. The maximum absolute atomic E-state index is 3.63. The van der Waals surface area contributed by atoms with Crippen LogP contribution in [0, 0.1) is 27.7 Å². The first-order valence-electron chi connectivity index (χ1n) is 14.5. The molecule has 0 heterocycles. The third kappa shape index (κ3) is 5.18. The quantitative estimate of drug-likeness (QED) is 0.134. The molecule has 44 heavy (non-hydrogen) atoms. The Balaban J connectivity index is 0.000000142. The monoisotopic (exact) mass is 824 g/mol. The van der Waals surface area contributed by atoms with Crippen LogP contribution < -0.4 is 0 Å². The van der Waals surface area contributed by atoms with Crippen LogP contribution >= 0.6 is 63.7 Å². The van der Waals surface area contributed by atoms with E-state index in [-0.39, 0.29) is 0 Å². The molecular weight excluding hydrogens is 800 g/mol. The predicted octanol–water partition coefficient (Wildman–Crippen LogP) is 14.6. The first kappa shape index (κ1) is 29.9. The summed E-state index contributed by atoms with van der Waals surface area (Å²) in [5.74, 6) is 0. The lowest BCUT2D eigenvalue weighted by Crippen LogP contribution is -1.87. The van der Waals surface area contributed by atoms with E-state index in [1.807, 2.05) is 0 Å². The number of hydrogen-bond acceptors (Lipinski definition) is 0. The molecule has 8 aromatic carbocycles. The van der Waals surface area contributed by atoms with Gasteiger partial charge in [0.2, 0.25) is 0 Å².